The van der Waals surface area contributed by atoms with Crippen LogP contribution in [0.4, 0.5) is 4.39 Å². The number of alkyl halides is 1. The lowest BCUT2D eigenvalue weighted by atomic mass is 10.0. The van der Waals surface area contributed by atoms with E-state index in [0.717, 1.165) is 25.9 Å². The molecule has 1 aliphatic heterocycles. The van der Waals surface area contributed by atoms with Gasteiger partial charge in [-0.3, -0.25) is 4.99 Å². The van der Waals surface area contributed by atoms with Crippen LogP contribution in [-0.2, 0) is 0 Å². The van der Waals surface area contributed by atoms with Crippen LogP contribution in [-0.4, -0.2) is 50.0 Å². The minimum absolute atomic E-state index is 0.0123. The number of nitrogens with zero attached hydrogens (tertiary/aromatic N) is 2. The number of aliphatic imine (C=N–C) groups is 1. The molecule has 1 rings (SSSR count). The average Bonchev–Trinajstić information content (AvgIpc) is 2.20. The van der Waals surface area contributed by atoms with E-state index in [-0.39, 0.29) is 6.04 Å². The molecule has 1 fully saturated rings. The molecule has 15 heavy (non-hydrogen) atoms. The van der Waals surface area contributed by atoms with Crippen LogP contribution in [0.15, 0.2) is 17.8 Å². The lowest BCUT2D eigenvalue weighted by Crippen LogP contribution is -2.49. The van der Waals surface area contributed by atoms with Crippen LogP contribution in [0.5, 0.6) is 0 Å². The molecule has 0 radical (unpaired) electrons. The third-order valence-electron chi connectivity index (χ3n) is 2.64. The van der Waals surface area contributed by atoms with Gasteiger partial charge in [-0.2, -0.15) is 0 Å². The summed E-state index contributed by atoms with van der Waals surface area (Å²) in [6.45, 7) is 5.78. The maximum Gasteiger partial charge on any atom is 0.128 e. The standard InChI is InChI=1S/C11H20FN3/c1-3-13-6-4-7-14-11-5-8-15(2)9-10(11)12/h3,6,10-11,14H,1,4-5,7-9H2,2H3. The molecule has 0 amide bonds. The summed E-state index contributed by atoms with van der Waals surface area (Å²) >= 11 is 0. The zero-order chi connectivity index (χ0) is 11.1. The molecule has 3 nitrogen and oxygen atoms in total. The normalized spacial score (nSPS) is 28.4. The van der Waals surface area contributed by atoms with Crippen molar-refractivity contribution in [2.24, 2.45) is 4.99 Å². The summed E-state index contributed by atoms with van der Waals surface area (Å²) in [5, 5.41) is 3.22. The summed E-state index contributed by atoms with van der Waals surface area (Å²) in [6, 6.07) is 0.0123. The Hall–Kier alpha value is -0.740. The van der Waals surface area contributed by atoms with Crippen molar-refractivity contribution in [2.75, 3.05) is 26.7 Å². The Balaban J connectivity index is 2.15. The smallest absolute Gasteiger partial charge is 0.128 e. The number of likely N-dealkylation sites (tertiary alicyclic amines) is 1. The number of rotatable bonds is 5. The van der Waals surface area contributed by atoms with Crippen LogP contribution in [0, 0.1) is 0 Å². The van der Waals surface area contributed by atoms with Crippen molar-refractivity contribution < 1.29 is 4.39 Å². The number of hydrogen-bond donors (Lipinski definition) is 1. The zero-order valence-electron chi connectivity index (χ0n) is 9.32. The summed E-state index contributed by atoms with van der Waals surface area (Å²) in [5.41, 5.74) is 0. The summed E-state index contributed by atoms with van der Waals surface area (Å²) in [7, 11) is 1.96. The Kier molecular flexibility index (Phi) is 5.50. The highest BCUT2D eigenvalue weighted by Gasteiger charge is 2.26. The van der Waals surface area contributed by atoms with Gasteiger partial charge < -0.3 is 10.2 Å². The van der Waals surface area contributed by atoms with Gasteiger partial charge >= 0.3 is 0 Å². The van der Waals surface area contributed by atoms with Crippen LogP contribution in [0.3, 0.4) is 0 Å². The van der Waals surface area contributed by atoms with E-state index in [1.165, 1.54) is 6.20 Å². The van der Waals surface area contributed by atoms with Gasteiger partial charge in [-0.1, -0.05) is 6.58 Å². The Morgan fingerprint density at radius 3 is 3.13 bits per heavy atom. The fourth-order valence-corrected chi connectivity index (χ4v) is 1.77. The van der Waals surface area contributed by atoms with Gasteiger partial charge in [-0.25, -0.2) is 4.39 Å². The Morgan fingerprint density at radius 1 is 1.67 bits per heavy atom. The maximum absolute atomic E-state index is 13.5. The van der Waals surface area contributed by atoms with Gasteiger partial charge in [0.15, 0.2) is 0 Å². The first kappa shape index (κ1) is 12.3. The van der Waals surface area contributed by atoms with Crippen molar-refractivity contribution in [1.29, 1.82) is 0 Å². The van der Waals surface area contributed by atoms with Crippen molar-refractivity contribution in [3.63, 3.8) is 0 Å². The molecular formula is C11H20FN3. The van der Waals surface area contributed by atoms with E-state index in [4.69, 9.17) is 0 Å². The second-order valence-electron chi connectivity index (χ2n) is 3.93. The van der Waals surface area contributed by atoms with Crippen LogP contribution < -0.4 is 5.32 Å². The highest BCUT2D eigenvalue weighted by Crippen LogP contribution is 2.12. The molecule has 0 aromatic carbocycles. The monoisotopic (exact) mass is 213 g/mol. The lowest BCUT2D eigenvalue weighted by molar-refractivity contribution is 0.123. The predicted octanol–water partition coefficient (Wildman–Crippen LogP) is 1.22. The molecule has 2 unspecified atom stereocenters. The SMILES string of the molecule is C=CN=CCCNC1CCN(C)CC1F. The number of nitrogens with one attached hydrogen (secondary N) is 1. The molecular weight excluding hydrogens is 193 g/mol. The second kappa shape index (κ2) is 6.69. The van der Waals surface area contributed by atoms with Crippen molar-refractivity contribution >= 4 is 6.21 Å². The lowest BCUT2D eigenvalue weighted by Gasteiger charge is -2.32. The van der Waals surface area contributed by atoms with E-state index in [0.29, 0.717) is 6.54 Å². The molecule has 0 spiro atoms. The van der Waals surface area contributed by atoms with E-state index < -0.39 is 6.17 Å². The molecule has 2 atom stereocenters. The number of halogens is 1. The minimum atomic E-state index is -0.750. The van der Waals surface area contributed by atoms with E-state index in [1.54, 1.807) is 6.21 Å². The molecule has 1 aliphatic rings. The minimum Gasteiger partial charge on any atom is -0.311 e. The molecule has 0 aromatic heterocycles. The van der Waals surface area contributed by atoms with Gasteiger partial charge in [0.25, 0.3) is 0 Å². The first-order chi connectivity index (χ1) is 7.24. The first-order valence-corrected chi connectivity index (χ1v) is 5.42. The average molecular weight is 213 g/mol. The number of hydrogen-bond acceptors (Lipinski definition) is 3. The fourth-order valence-electron chi connectivity index (χ4n) is 1.77. The van der Waals surface area contributed by atoms with E-state index in [2.05, 4.69) is 16.9 Å². The maximum atomic E-state index is 13.5. The highest BCUT2D eigenvalue weighted by atomic mass is 19.1. The third kappa shape index (κ3) is 4.53. The van der Waals surface area contributed by atoms with Gasteiger partial charge in [0, 0.05) is 31.5 Å². The van der Waals surface area contributed by atoms with Gasteiger partial charge in [0.2, 0.25) is 0 Å². The summed E-state index contributed by atoms with van der Waals surface area (Å²) in [5.74, 6) is 0. The quantitative estimate of drug-likeness (QED) is 0.549. The molecule has 0 aliphatic carbocycles. The molecule has 1 heterocycles. The molecule has 0 saturated carbocycles. The van der Waals surface area contributed by atoms with E-state index in [1.807, 2.05) is 11.9 Å². The van der Waals surface area contributed by atoms with Crippen LogP contribution >= 0.6 is 0 Å². The van der Waals surface area contributed by atoms with Crippen molar-refractivity contribution in [3.05, 3.63) is 12.8 Å². The van der Waals surface area contributed by atoms with Crippen molar-refractivity contribution in [1.82, 2.24) is 10.2 Å². The van der Waals surface area contributed by atoms with Crippen molar-refractivity contribution in [2.45, 2.75) is 25.1 Å². The topological polar surface area (TPSA) is 27.6 Å². The van der Waals surface area contributed by atoms with Crippen LogP contribution in [0.25, 0.3) is 0 Å². The summed E-state index contributed by atoms with van der Waals surface area (Å²) in [4.78, 5) is 5.91. The zero-order valence-corrected chi connectivity index (χ0v) is 9.32. The van der Waals surface area contributed by atoms with Crippen molar-refractivity contribution in [3.8, 4) is 0 Å². The van der Waals surface area contributed by atoms with Gasteiger partial charge in [0.05, 0.1) is 0 Å². The third-order valence-corrected chi connectivity index (χ3v) is 2.64. The summed E-state index contributed by atoms with van der Waals surface area (Å²) in [6.07, 6.45) is 4.26. The first-order valence-electron chi connectivity index (χ1n) is 5.42. The Bertz CT molecular complexity index is 218. The molecule has 1 saturated heterocycles. The molecule has 86 valence electrons. The molecule has 0 bridgehead atoms. The predicted molar refractivity (Wildman–Crippen MR) is 62.1 cm³/mol. The number of piperidine rings is 1. The van der Waals surface area contributed by atoms with E-state index >= 15 is 0 Å². The summed E-state index contributed by atoms with van der Waals surface area (Å²) < 4.78 is 13.5. The molecule has 1 N–H and O–H groups in total. The Labute approximate surface area is 91.1 Å². The molecule has 0 aromatic rings. The fraction of sp³-hybridized carbons (Fsp3) is 0.727. The molecule has 4 heteroatoms. The van der Waals surface area contributed by atoms with Gasteiger partial charge in [-0.05, 0) is 26.4 Å². The van der Waals surface area contributed by atoms with E-state index in [9.17, 15) is 4.39 Å². The van der Waals surface area contributed by atoms with Crippen LogP contribution in [0.1, 0.15) is 12.8 Å². The highest BCUT2D eigenvalue weighted by molar-refractivity contribution is 5.58. The van der Waals surface area contributed by atoms with Crippen LogP contribution in [0.2, 0.25) is 0 Å². The van der Waals surface area contributed by atoms with Gasteiger partial charge in [-0.15, -0.1) is 0 Å². The Morgan fingerprint density at radius 2 is 2.47 bits per heavy atom. The van der Waals surface area contributed by atoms with Gasteiger partial charge in [0.1, 0.15) is 6.17 Å². The second-order valence-corrected chi connectivity index (χ2v) is 3.93. The largest absolute Gasteiger partial charge is 0.311 e.